The molecular formula is C20H30N4O2S. The summed E-state index contributed by atoms with van der Waals surface area (Å²) in [6.07, 6.45) is 0.899. The van der Waals surface area contributed by atoms with Crippen LogP contribution in [-0.4, -0.2) is 44.3 Å². The quantitative estimate of drug-likeness (QED) is 0.371. The van der Waals surface area contributed by atoms with Crippen molar-refractivity contribution in [2.45, 2.75) is 33.8 Å². The van der Waals surface area contributed by atoms with Gasteiger partial charge in [-0.15, -0.1) is 11.3 Å². The molecular weight excluding hydrogens is 360 g/mol. The third-order valence-corrected chi connectivity index (χ3v) is 5.09. The van der Waals surface area contributed by atoms with Gasteiger partial charge in [-0.2, -0.15) is 0 Å². The number of aryl methyl sites for hydroxylation is 2. The average Bonchev–Trinajstić information content (AvgIpc) is 2.99. The fraction of sp³-hybridized carbons (Fsp3) is 0.500. The van der Waals surface area contributed by atoms with Crippen molar-refractivity contribution in [3.8, 4) is 5.75 Å². The van der Waals surface area contributed by atoms with Crippen molar-refractivity contribution in [2.75, 3.05) is 33.4 Å². The first-order chi connectivity index (χ1) is 13.1. The monoisotopic (exact) mass is 390 g/mol. The molecule has 0 spiro atoms. The van der Waals surface area contributed by atoms with Crippen molar-refractivity contribution >= 4 is 17.3 Å². The fourth-order valence-electron chi connectivity index (χ4n) is 2.45. The molecule has 1 heterocycles. The Hall–Kier alpha value is -2.12. The molecule has 0 amide bonds. The van der Waals surface area contributed by atoms with E-state index in [2.05, 4.69) is 41.4 Å². The minimum absolute atomic E-state index is 0.555. The molecule has 0 fully saturated rings. The topological polar surface area (TPSA) is 67.8 Å². The van der Waals surface area contributed by atoms with Gasteiger partial charge in [-0.1, -0.05) is 12.1 Å². The highest BCUT2D eigenvalue weighted by Gasteiger charge is 2.04. The number of benzene rings is 1. The van der Waals surface area contributed by atoms with Gasteiger partial charge in [0, 0.05) is 24.4 Å². The summed E-state index contributed by atoms with van der Waals surface area (Å²) in [5.74, 6) is 1.66. The van der Waals surface area contributed by atoms with E-state index >= 15 is 0 Å². The summed E-state index contributed by atoms with van der Waals surface area (Å²) < 4.78 is 10.9. The molecule has 0 bridgehead atoms. The number of methoxy groups -OCH3 is 1. The van der Waals surface area contributed by atoms with E-state index in [1.165, 1.54) is 4.88 Å². The Morgan fingerprint density at radius 3 is 2.81 bits per heavy atom. The Bertz CT molecular complexity index is 711. The lowest BCUT2D eigenvalue weighted by atomic mass is 10.2. The summed E-state index contributed by atoms with van der Waals surface area (Å²) in [4.78, 5) is 10.4. The van der Waals surface area contributed by atoms with Crippen LogP contribution in [0.5, 0.6) is 5.75 Å². The van der Waals surface area contributed by atoms with E-state index in [0.29, 0.717) is 19.8 Å². The van der Waals surface area contributed by atoms with Gasteiger partial charge in [-0.05, 0) is 38.5 Å². The van der Waals surface area contributed by atoms with Crippen molar-refractivity contribution in [1.29, 1.82) is 0 Å². The van der Waals surface area contributed by atoms with Crippen LogP contribution in [0.1, 0.15) is 28.1 Å². The zero-order valence-electron chi connectivity index (χ0n) is 16.7. The van der Waals surface area contributed by atoms with Gasteiger partial charge in [0.25, 0.3) is 0 Å². The Morgan fingerprint density at radius 2 is 2.11 bits per heavy atom. The van der Waals surface area contributed by atoms with Crippen LogP contribution >= 0.6 is 11.3 Å². The van der Waals surface area contributed by atoms with E-state index in [9.17, 15) is 0 Å². The molecule has 148 valence electrons. The molecule has 0 atom stereocenters. The van der Waals surface area contributed by atoms with Crippen molar-refractivity contribution in [3.63, 3.8) is 0 Å². The predicted octanol–water partition coefficient (Wildman–Crippen LogP) is 3.08. The van der Waals surface area contributed by atoms with Gasteiger partial charge in [0.1, 0.15) is 5.75 Å². The lowest BCUT2D eigenvalue weighted by Crippen LogP contribution is -2.38. The number of aromatic nitrogens is 1. The van der Waals surface area contributed by atoms with Crippen molar-refractivity contribution in [2.24, 2.45) is 4.99 Å². The van der Waals surface area contributed by atoms with Crippen LogP contribution in [0.25, 0.3) is 0 Å². The number of rotatable bonds is 10. The summed E-state index contributed by atoms with van der Waals surface area (Å²) >= 11 is 1.76. The summed E-state index contributed by atoms with van der Waals surface area (Å²) in [5, 5.41) is 7.78. The number of guanidine groups is 1. The SMILES string of the molecule is CCNC(=NCCOCc1cccc(OC)c1)NCCc1nc(C)c(C)s1. The van der Waals surface area contributed by atoms with E-state index in [4.69, 9.17) is 9.47 Å². The molecule has 2 aromatic rings. The summed E-state index contributed by atoms with van der Waals surface area (Å²) in [6, 6.07) is 7.90. The molecule has 0 radical (unpaired) electrons. The van der Waals surface area contributed by atoms with E-state index in [0.717, 1.165) is 47.5 Å². The maximum atomic E-state index is 5.71. The van der Waals surface area contributed by atoms with E-state index in [-0.39, 0.29) is 0 Å². The number of hydrogen-bond donors (Lipinski definition) is 2. The zero-order valence-corrected chi connectivity index (χ0v) is 17.5. The van der Waals surface area contributed by atoms with E-state index in [1.54, 1.807) is 18.4 Å². The Balaban J connectivity index is 1.70. The van der Waals surface area contributed by atoms with Gasteiger partial charge in [-0.3, -0.25) is 4.99 Å². The second-order valence-electron chi connectivity index (χ2n) is 6.09. The summed E-state index contributed by atoms with van der Waals surface area (Å²) in [5.41, 5.74) is 2.22. The molecule has 0 aliphatic rings. The average molecular weight is 391 g/mol. The van der Waals surface area contributed by atoms with Crippen LogP contribution in [-0.2, 0) is 17.8 Å². The maximum Gasteiger partial charge on any atom is 0.191 e. The Morgan fingerprint density at radius 1 is 1.26 bits per heavy atom. The second-order valence-corrected chi connectivity index (χ2v) is 7.38. The zero-order chi connectivity index (χ0) is 19.5. The normalized spacial score (nSPS) is 11.5. The lowest BCUT2D eigenvalue weighted by Gasteiger charge is -2.11. The van der Waals surface area contributed by atoms with Gasteiger partial charge in [-0.25, -0.2) is 4.98 Å². The molecule has 0 aliphatic carbocycles. The van der Waals surface area contributed by atoms with Crippen molar-refractivity contribution in [3.05, 3.63) is 45.4 Å². The smallest absolute Gasteiger partial charge is 0.191 e. The van der Waals surface area contributed by atoms with Gasteiger partial charge < -0.3 is 20.1 Å². The maximum absolute atomic E-state index is 5.71. The van der Waals surface area contributed by atoms with Gasteiger partial charge >= 0.3 is 0 Å². The number of thiazole rings is 1. The first-order valence-corrected chi connectivity index (χ1v) is 10.1. The van der Waals surface area contributed by atoms with Crippen LogP contribution in [0.15, 0.2) is 29.3 Å². The Kier molecular flexibility index (Phi) is 9.07. The van der Waals surface area contributed by atoms with Crippen LogP contribution in [0, 0.1) is 13.8 Å². The van der Waals surface area contributed by atoms with Crippen LogP contribution < -0.4 is 15.4 Å². The number of nitrogens with zero attached hydrogens (tertiary/aromatic N) is 2. The third kappa shape index (κ3) is 7.56. The van der Waals surface area contributed by atoms with E-state index < -0.39 is 0 Å². The molecule has 0 unspecified atom stereocenters. The van der Waals surface area contributed by atoms with Crippen molar-refractivity contribution < 1.29 is 9.47 Å². The first-order valence-electron chi connectivity index (χ1n) is 9.28. The van der Waals surface area contributed by atoms with Gasteiger partial charge in [0.05, 0.1) is 37.6 Å². The number of nitrogens with one attached hydrogen (secondary N) is 2. The molecule has 7 heteroatoms. The van der Waals surface area contributed by atoms with Gasteiger partial charge in [0.2, 0.25) is 0 Å². The predicted molar refractivity (Wildman–Crippen MR) is 112 cm³/mol. The third-order valence-electron chi connectivity index (χ3n) is 3.96. The molecule has 0 aliphatic heterocycles. The second kappa shape index (κ2) is 11.6. The molecule has 1 aromatic heterocycles. The highest BCUT2D eigenvalue weighted by atomic mass is 32.1. The minimum atomic E-state index is 0.555. The molecule has 2 rings (SSSR count). The molecule has 27 heavy (non-hydrogen) atoms. The molecule has 0 saturated heterocycles. The summed E-state index contributed by atoms with van der Waals surface area (Å²) in [6.45, 7) is 9.59. The fourth-order valence-corrected chi connectivity index (χ4v) is 3.38. The highest BCUT2D eigenvalue weighted by Crippen LogP contribution is 2.16. The first kappa shape index (κ1) is 21.2. The minimum Gasteiger partial charge on any atom is -0.497 e. The molecule has 6 nitrogen and oxygen atoms in total. The number of aliphatic imine (C=N–C) groups is 1. The highest BCUT2D eigenvalue weighted by molar-refractivity contribution is 7.11. The van der Waals surface area contributed by atoms with E-state index in [1.807, 2.05) is 24.3 Å². The van der Waals surface area contributed by atoms with Crippen molar-refractivity contribution in [1.82, 2.24) is 15.6 Å². The van der Waals surface area contributed by atoms with Gasteiger partial charge in [0.15, 0.2) is 5.96 Å². The molecule has 0 saturated carbocycles. The van der Waals surface area contributed by atoms with Crippen LogP contribution in [0.3, 0.4) is 0 Å². The summed E-state index contributed by atoms with van der Waals surface area (Å²) in [7, 11) is 1.67. The number of hydrogen-bond acceptors (Lipinski definition) is 5. The standard InChI is InChI=1S/C20H30N4O2S/c1-5-21-20(22-10-9-19-24-15(2)16(3)27-19)23-11-12-26-14-17-7-6-8-18(13-17)25-4/h6-8,13H,5,9-12,14H2,1-4H3,(H2,21,22,23). The largest absolute Gasteiger partial charge is 0.497 e. The lowest BCUT2D eigenvalue weighted by molar-refractivity contribution is 0.128. The van der Waals surface area contributed by atoms with Crippen LogP contribution in [0.4, 0.5) is 0 Å². The Labute approximate surface area is 166 Å². The molecule has 2 N–H and O–H groups in total. The van der Waals surface area contributed by atoms with Crippen LogP contribution in [0.2, 0.25) is 0 Å². The number of ether oxygens (including phenoxy) is 2. The molecule has 1 aromatic carbocycles.